The van der Waals surface area contributed by atoms with Gasteiger partial charge in [-0.05, 0) is 99.7 Å². The molecule has 9 rings (SSSR count). The Bertz CT molecular complexity index is 1580. The van der Waals surface area contributed by atoms with Crippen molar-refractivity contribution in [2.45, 2.75) is 171 Å². The molecule has 8 fully saturated rings. The molecular weight excluding hydrogens is 752 g/mol. The SMILES string of the molecule is CC1(C)O[C@@H]2[C@@H](CO[C@@]3(CN4CCC(N)CC4)OC(C)(C)O[C@@H]23)O1.CC1(C)O[C@@H]2[C@@H](CO[C@@]3(CN4CCC(NC(=O)OCc5ccccc5)CC4)OC(C)(C)O[C@@H]23)O1. The van der Waals surface area contributed by atoms with E-state index >= 15 is 0 Å². The summed E-state index contributed by atoms with van der Waals surface area (Å²) in [4.78, 5) is 16.9. The number of alkyl carbamates (subject to hydrolysis) is 1. The minimum atomic E-state index is -0.913. The van der Waals surface area contributed by atoms with Crippen LogP contribution in [-0.4, -0.2) is 152 Å². The number of amides is 1. The van der Waals surface area contributed by atoms with Crippen molar-refractivity contribution in [2.75, 3.05) is 52.5 Å². The Balaban J connectivity index is 0.000000172. The fraction of sp³-hybridized carbons (Fsp3) is 0.833. The molecule has 8 aliphatic rings. The van der Waals surface area contributed by atoms with Crippen LogP contribution >= 0.6 is 0 Å². The molecule has 0 unspecified atom stereocenters. The topological polar surface area (TPSA) is 163 Å². The Kier molecular flexibility index (Phi) is 11.8. The molecular formula is C42H66N4O12. The summed E-state index contributed by atoms with van der Waals surface area (Å²) in [5.41, 5.74) is 7.00. The zero-order chi connectivity index (χ0) is 41.1. The van der Waals surface area contributed by atoms with Crippen LogP contribution in [0.1, 0.15) is 86.6 Å². The maximum atomic E-state index is 12.2. The van der Waals surface area contributed by atoms with Gasteiger partial charge in [-0.15, -0.1) is 0 Å². The Labute approximate surface area is 342 Å². The summed E-state index contributed by atoms with van der Waals surface area (Å²) >= 11 is 0. The zero-order valence-corrected chi connectivity index (χ0v) is 35.6. The number of nitrogens with zero attached hydrogens (tertiary/aromatic N) is 2. The fourth-order valence-electron chi connectivity index (χ4n) is 9.83. The van der Waals surface area contributed by atoms with Crippen LogP contribution in [-0.2, 0) is 58.7 Å². The third-order valence-electron chi connectivity index (χ3n) is 12.2. The molecule has 0 aliphatic carbocycles. The Morgan fingerprint density at radius 1 is 0.672 bits per heavy atom. The van der Waals surface area contributed by atoms with Crippen molar-refractivity contribution in [2.24, 2.45) is 5.73 Å². The quantitative estimate of drug-likeness (QED) is 0.410. The number of hydrogen-bond acceptors (Lipinski definition) is 15. The van der Waals surface area contributed by atoms with Crippen molar-refractivity contribution in [3.05, 3.63) is 35.9 Å². The molecule has 8 aliphatic heterocycles. The molecule has 8 saturated heterocycles. The highest BCUT2D eigenvalue weighted by Crippen LogP contribution is 2.49. The molecule has 326 valence electrons. The van der Waals surface area contributed by atoms with Crippen LogP contribution < -0.4 is 11.1 Å². The fourth-order valence-corrected chi connectivity index (χ4v) is 9.83. The normalized spacial score (nSPS) is 39.1. The lowest BCUT2D eigenvalue weighted by Gasteiger charge is -2.44. The molecule has 16 heteroatoms. The third kappa shape index (κ3) is 9.39. The molecule has 0 bridgehead atoms. The minimum absolute atomic E-state index is 0.0778. The summed E-state index contributed by atoms with van der Waals surface area (Å²) in [5, 5.41) is 3.00. The predicted octanol–water partition coefficient (Wildman–Crippen LogP) is 3.58. The molecule has 3 N–H and O–H groups in total. The van der Waals surface area contributed by atoms with Crippen molar-refractivity contribution in [1.29, 1.82) is 0 Å². The van der Waals surface area contributed by atoms with Gasteiger partial charge in [-0.2, -0.15) is 0 Å². The Hall–Kier alpha value is -2.03. The number of nitrogens with two attached hydrogens (primary N) is 1. The first-order valence-electron chi connectivity index (χ1n) is 21.2. The van der Waals surface area contributed by atoms with Crippen LogP contribution in [0.4, 0.5) is 4.79 Å². The number of benzene rings is 1. The van der Waals surface area contributed by atoms with Crippen LogP contribution in [0.2, 0.25) is 0 Å². The van der Waals surface area contributed by atoms with Gasteiger partial charge >= 0.3 is 6.09 Å². The van der Waals surface area contributed by atoms with Gasteiger partial charge in [0.25, 0.3) is 0 Å². The van der Waals surface area contributed by atoms with Gasteiger partial charge in [0.1, 0.15) is 43.2 Å². The number of likely N-dealkylation sites (tertiary alicyclic amines) is 2. The van der Waals surface area contributed by atoms with Gasteiger partial charge < -0.3 is 63.2 Å². The number of ether oxygens (including phenoxy) is 11. The van der Waals surface area contributed by atoms with Gasteiger partial charge in [0.05, 0.1) is 26.3 Å². The van der Waals surface area contributed by atoms with Gasteiger partial charge in [-0.3, -0.25) is 9.80 Å². The number of piperidine rings is 2. The van der Waals surface area contributed by atoms with Crippen molar-refractivity contribution in [1.82, 2.24) is 15.1 Å². The molecule has 16 nitrogen and oxygen atoms in total. The smallest absolute Gasteiger partial charge is 0.407 e. The molecule has 0 radical (unpaired) electrons. The number of rotatable bonds is 7. The minimum Gasteiger partial charge on any atom is -0.445 e. The van der Waals surface area contributed by atoms with Gasteiger partial charge in [0, 0.05) is 25.2 Å². The van der Waals surface area contributed by atoms with E-state index in [1.54, 1.807) is 0 Å². The predicted molar refractivity (Wildman–Crippen MR) is 208 cm³/mol. The lowest BCUT2D eigenvalue weighted by atomic mass is 9.95. The summed E-state index contributed by atoms with van der Waals surface area (Å²) in [6, 6.07) is 10.1. The van der Waals surface area contributed by atoms with Crippen LogP contribution in [0.25, 0.3) is 0 Å². The molecule has 0 aromatic heterocycles. The first-order valence-corrected chi connectivity index (χ1v) is 21.2. The first kappa shape index (κ1) is 42.7. The van der Waals surface area contributed by atoms with E-state index in [1.807, 2.05) is 85.7 Å². The van der Waals surface area contributed by atoms with E-state index in [-0.39, 0.29) is 55.4 Å². The summed E-state index contributed by atoms with van der Waals surface area (Å²) < 4.78 is 67.4. The van der Waals surface area contributed by atoms with E-state index in [2.05, 4.69) is 15.1 Å². The summed E-state index contributed by atoms with van der Waals surface area (Å²) in [5.74, 6) is -4.51. The maximum absolute atomic E-state index is 12.2. The highest BCUT2D eigenvalue weighted by Gasteiger charge is 2.67. The highest BCUT2D eigenvalue weighted by atomic mass is 16.9. The Morgan fingerprint density at radius 3 is 1.62 bits per heavy atom. The third-order valence-corrected chi connectivity index (χ3v) is 12.2. The Morgan fingerprint density at radius 2 is 1.14 bits per heavy atom. The van der Waals surface area contributed by atoms with E-state index in [1.165, 1.54) is 0 Å². The summed E-state index contributed by atoms with van der Waals surface area (Å²) in [6.07, 6.45) is 1.87. The molecule has 0 spiro atoms. The maximum Gasteiger partial charge on any atom is 0.407 e. The van der Waals surface area contributed by atoms with Crippen molar-refractivity contribution in [3.63, 3.8) is 0 Å². The number of carbonyl (C=O) groups excluding carboxylic acids is 1. The van der Waals surface area contributed by atoms with Crippen LogP contribution in [0.5, 0.6) is 0 Å². The lowest BCUT2D eigenvalue weighted by molar-refractivity contribution is -0.287. The zero-order valence-electron chi connectivity index (χ0n) is 35.6. The van der Waals surface area contributed by atoms with Gasteiger partial charge in [-0.25, -0.2) is 4.79 Å². The second-order valence-electron chi connectivity index (χ2n) is 19.0. The van der Waals surface area contributed by atoms with Gasteiger partial charge in [-0.1, -0.05) is 30.3 Å². The summed E-state index contributed by atoms with van der Waals surface area (Å²) in [6.45, 7) is 21.2. The second kappa shape index (κ2) is 16.0. The highest BCUT2D eigenvalue weighted by molar-refractivity contribution is 5.67. The molecule has 1 aromatic carbocycles. The standard InChI is InChI=1S/C25H36N2O7.C17H30N2O5/c1-23(2)31-19-15-30-25(21(20(19)32-23)33-24(3,4)34-25)16-27-12-10-18(11-13-27)26-22(28)29-14-17-8-6-5-7-9-17;1-15(2)21-12-9-20-17(10-19-7-5-11(18)6-8-19)14(13(12)22-15)23-16(3,4)24-17/h5-9,18-21H,10-16H2,1-4H3,(H,26,28);11-14H,5-10,18H2,1-4H3/t19-,20-,21+,25+;12-,13-,14+,17+/m11/s1. The van der Waals surface area contributed by atoms with E-state index in [0.29, 0.717) is 32.3 Å². The lowest BCUT2D eigenvalue weighted by Crippen LogP contribution is -2.63. The van der Waals surface area contributed by atoms with E-state index in [9.17, 15) is 4.79 Å². The van der Waals surface area contributed by atoms with Crippen LogP contribution in [0.15, 0.2) is 30.3 Å². The molecule has 0 saturated carbocycles. The largest absolute Gasteiger partial charge is 0.445 e. The molecule has 8 atom stereocenters. The van der Waals surface area contributed by atoms with Crippen molar-refractivity contribution in [3.8, 4) is 0 Å². The monoisotopic (exact) mass is 818 g/mol. The number of hydrogen-bond donors (Lipinski definition) is 2. The number of fused-ring (bicyclic) bond motifs is 6. The van der Waals surface area contributed by atoms with Crippen molar-refractivity contribution >= 4 is 6.09 Å². The van der Waals surface area contributed by atoms with E-state index in [4.69, 9.17) is 57.8 Å². The average molecular weight is 819 g/mol. The van der Waals surface area contributed by atoms with Crippen LogP contribution in [0.3, 0.4) is 0 Å². The van der Waals surface area contributed by atoms with Crippen molar-refractivity contribution < 1.29 is 56.9 Å². The summed E-state index contributed by atoms with van der Waals surface area (Å²) in [7, 11) is 0. The van der Waals surface area contributed by atoms with Gasteiger partial charge in [0.15, 0.2) is 23.1 Å². The second-order valence-corrected chi connectivity index (χ2v) is 19.0. The van der Waals surface area contributed by atoms with E-state index in [0.717, 1.165) is 57.4 Å². The molecule has 58 heavy (non-hydrogen) atoms. The number of carbonyl (C=O) groups is 1. The van der Waals surface area contributed by atoms with Crippen LogP contribution in [0, 0.1) is 0 Å². The first-order chi connectivity index (χ1) is 27.3. The molecule has 1 aromatic rings. The average Bonchev–Trinajstić information content (AvgIpc) is 3.83. The number of nitrogens with one attached hydrogen (secondary N) is 1. The van der Waals surface area contributed by atoms with E-state index < -0.39 is 34.7 Å². The van der Waals surface area contributed by atoms with Gasteiger partial charge in [0.2, 0.25) is 11.6 Å². The molecule has 8 heterocycles. The molecule has 1 amide bonds.